The lowest BCUT2D eigenvalue weighted by Crippen LogP contribution is -2.14. The van der Waals surface area contributed by atoms with Crippen molar-refractivity contribution in [1.29, 1.82) is 0 Å². The van der Waals surface area contributed by atoms with Crippen molar-refractivity contribution in [2.24, 2.45) is 5.92 Å². The van der Waals surface area contributed by atoms with Crippen LogP contribution in [0.25, 0.3) is 0 Å². The minimum Gasteiger partial charge on any atom is -0.481 e. The Hall–Kier alpha value is -1.45. The van der Waals surface area contributed by atoms with Crippen molar-refractivity contribution in [3.05, 3.63) is 12.2 Å². The number of carboxylic acid groups (broad SMARTS) is 1. The number of carbonyl (C=O) groups is 3. The van der Waals surface area contributed by atoms with E-state index in [0.29, 0.717) is 18.6 Å². The summed E-state index contributed by atoms with van der Waals surface area (Å²) in [6.07, 6.45) is 38.1. The first-order valence-electron chi connectivity index (χ1n) is 17.4. The van der Waals surface area contributed by atoms with Gasteiger partial charge in [-0.05, 0) is 57.8 Å². The van der Waals surface area contributed by atoms with Gasteiger partial charge in [-0.25, -0.2) is 0 Å². The minimum absolute atomic E-state index is 0.212. The van der Waals surface area contributed by atoms with E-state index in [1.54, 1.807) is 0 Å². The zero-order valence-electron chi connectivity index (χ0n) is 26.5. The molecule has 0 aliphatic carbocycles. The molecule has 0 rings (SSSR count). The Labute approximate surface area is 248 Å². The lowest BCUT2D eigenvalue weighted by Gasteiger charge is -2.16. The standard InChI is InChI=1S/C36H66O4/c1-2-3-4-5-6-7-8-9-10-11-12-13-17-20-26-31-35(38)34(30-25-22-23-28-33-37)29-24-19-16-14-15-18-21-27-32-36(39)40/h9-10,33-34H,2-8,11-32H2,1H3,(H,39,40). The van der Waals surface area contributed by atoms with Crippen LogP contribution >= 0.6 is 0 Å². The fourth-order valence-corrected chi connectivity index (χ4v) is 5.56. The van der Waals surface area contributed by atoms with Crippen LogP contribution in [0.5, 0.6) is 0 Å². The van der Waals surface area contributed by atoms with Gasteiger partial charge < -0.3 is 9.90 Å². The minimum atomic E-state index is -0.690. The van der Waals surface area contributed by atoms with Gasteiger partial charge in [-0.3, -0.25) is 9.59 Å². The number of carbonyl (C=O) groups excluding carboxylic acids is 2. The first-order chi connectivity index (χ1) is 19.6. The zero-order chi connectivity index (χ0) is 29.4. The molecule has 0 aromatic rings. The summed E-state index contributed by atoms with van der Waals surface area (Å²) in [4.78, 5) is 34.1. The molecule has 0 aromatic heterocycles. The van der Waals surface area contributed by atoms with E-state index in [0.717, 1.165) is 76.9 Å². The number of allylic oxidation sites excluding steroid dienone is 2. The quantitative estimate of drug-likeness (QED) is 0.0490. The number of carboxylic acids is 1. The van der Waals surface area contributed by atoms with Crippen LogP contribution in [0.1, 0.15) is 193 Å². The monoisotopic (exact) mass is 562 g/mol. The van der Waals surface area contributed by atoms with E-state index >= 15 is 0 Å². The molecular formula is C36H66O4. The summed E-state index contributed by atoms with van der Waals surface area (Å²) in [6, 6.07) is 0. The maximum absolute atomic E-state index is 13.0. The molecule has 4 nitrogen and oxygen atoms in total. The molecule has 0 radical (unpaired) electrons. The Kier molecular flexibility index (Phi) is 30.9. The highest BCUT2D eigenvalue weighted by molar-refractivity contribution is 5.80. The number of Topliss-reactive ketones (excluding diaryl/α,β-unsaturated/α-hetero) is 1. The molecule has 0 fully saturated rings. The number of hydrogen-bond donors (Lipinski definition) is 1. The molecule has 40 heavy (non-hydrogen) atoms. The Balaban J connectivity index is 3.92. The molecule has 0 spiro atoms. The summed E-state index contributed by atoms with van der Waals surface area (Å²) in [7, 11) is 0. The zero-order valence-corrected chi connectivity index (χ0v) is 26.5. The van der Waals surface area contributed by atoms with Crippen molar-refractivity contribution in [2.75, 3.05) is 0 Å². The van der Waals surface area contributed by atoms with Gasteiger partial charge in [0.05, 0.1) is 0 Å². The van der Waals surface area contributed by atoms with Crippen molar-refractivity contribution in [3.8, 4) is 0 Å². The van der Waals surface area contributed by atoms with Gasteiger partial charge >= 0.3 is 5.97 Å². The van der Waals surface area contributed by atoms with E-state index in [1.807, 2.05) is 0 Å². The molecule has 0 aromatic carbocycles. The van der Waals surface area contributed by atoms with Crippen molar-refractivity contribution >= 4 is 18.0 Å². The summed E-state index contributed by atoms with van der Waals surface area (Å²) < 4.78 is 0. The van der Waals surface area contributed by atoms with E-state index in [9.17, 15) is 14.4 Å². The predicted molar refractivity (Wildman–Crippen MR) is 171 cm³/mol. The van der Waals surface area contributed by atoms with Gasteiger partial charge in [-0.15, -0.1) is 0 Å². The maximum Gasteiger partial charge on any atom is 0.303 e. The van der Waals surface area contributed by atoms with Crippen LogP contribution in [-0.4, -0.2) is 23.1 Å². The van der Waals surface area contributed by atoms with Crippen molar-refractivity contribution in [3.63, 3.8) is 0 Å². The fourth-order valence-electron chi connectivity index (χ4n) is 5.56. The Morgan fingerprint density at radius 3 is 1.43 bits per heavy atom. The molecule has 0 amide bonds. The number of ketones is 1. The van der Waals surface area contributed by atoms with Gasteiger partial charge in [0.15, 0.2) is 0 Å². The van der Waals surface area contributed by atoms with Gasteiger partial charge in [0.1, 0.15) is 12.1 Å². The van der Waals surface area contributed by atoms with Crippen LogP contribution in [0.4, 0.5) is 0 Å². The molecule has 1 N–H and O–H groups in total. The van der Waals surface area contributed by atoms with E-state index in [4.69, 9.17) is 5.11 Å². The highest BCUT2D eigenvalue weighted by Crippen LogP contribution is 2.22. The Morgan fingerprint density at radius 2 is 0.925 bits per heavy atom. The maximum atomic E-state index is 13.0. The second-order valence-electron chi connectivity index (χ2n) is 12.1. The summed E-state index contributed by atoms with van der Waals surface area (Å²) in [5.74, 6) is 0.000522. The highest BCUT2D eigenvalue weighted by Gasteiger charge is 2.17. The van der Waals surface area contributed by atoms with Gasteiger partial charge in [0.2, 0.25) is 0 Å². The summed E-state index contributed by atoms with van der Waals surface area (Å²) in [5.41, 5.74) is 0. The SMILES string of the molecule is CCCCCCCCC=CCCCCCCCC(=O)C(CCCCCC=O)CCCCCCCCCCC(=O)O. The van der Waals surface area contributed by atoms with Crippen LogP contribution in [0.15, 0.2) is 12.2 Å². The molecule has 0 aliphatic rings. The molecule has 0 saturated carbocycles. The molecule has 1 atom stereocenters. The van der Waals surface area contributed by atoms with E-state index in [-0.39, 0.29) is 5.92 Å². The molecule has 0 heterocycles. The molecule has 4 heteroatoms. The van der Waals surface area contributed by atoms with Gasteiger partial charge in [0, 0.05) is 25.2 Å². The van der Waals surface area contributed by atoms with Crippen molar-refractivity contribution < 1.29 is 19.5 Å². The predicted octanol–water partition coefficient (Wildman–Crippen LogP) is 11.3. The summed E-state index contributed by atoms with van der Waals surface area (Å²) in [5, 5.41) is 8.70. The number of rotatable bonds is 33. The summed E-state index contributed by atoms with van der Waals surface area (Å²) in [6.45, 7) is 2.27. The third-order valence-electron chi connectivity index (χ3n) is 8.21. The topological polar surface area (TPSA) is 71.4 Å². The second kappa shape index (κ2) is 32.1. The average molecular weight is 563 g/mol. The molecule has 1 unspecified atom stereocenters. The highest BCUT2D eigenvalue weighted by atomic mass is 16.4. The lowest BCUT2D eigenvalue weighted by atomic mass is 9.88. The largest absolute Gasteiger partial charge is 0.481 e. The Bertz CT molecular complexity index is 598. The van der Waals surface area contributed by atoms with Crippen LogP contribution in [-0.2, 0) is 14.4 Å². The number of aliphatic carboxylic acids is 1. The van der Waals surface area contributed by atoms with E-state index in [1.165, 1.54) is 103 Å². The number of unbranched alkanes of at least 4 members (excludes halogenated alkanes) is 21. The van der Waals surface area contributed by atoms with Crippen LogP contribution in [0, 0.1) is 5.92 Å². The molecule has 0 saturated heterocycles. The van der Waals surface area contributed by atoms with Gasteiger partial charge in [0.25, 0.3) is 0 Å². The lowest BCUT2D eigenvalue weighted by molar-refractivity contribution is -0.137. The van der Waals surface area contributed by atoms with Crippen LogP contribution in [0.2, 0.25) is 0 Å². The average Bonchev–Trinajstić information content (AvgIpc) is 2.94. The molecule has 0 aliphatic heterocycles. The third kappa shape index (κ3) is 29.5. The first kappa shape index (κ1) is 38.5. The van der Waals surface area contributed by atoms with E-state index < -0.39 is 5.97 Å². The second-order valence-corrected chi connectivity index (χ2v) is 12.1. The number of hydrogen-bond acceptors (Lipinski definition) is 3. The van der Waals surface area contributed by atoms with Crippen LogP contribution < -0.4 is 0 Å². The normalized spacial score (nSPS) is 12.2. The fraction of sp³-hybridized carbons (Fsp3) is 0.861. The molecule has 234 valence electrons. The van der Waals surface area contributed by atoms with Crippen molar-refractivity contribution in [2.45, 2.75) is 193 Å². The van der Waals surface area contributed by atoms with Crippen LogP contribution in [0.3, 0.4) is 0 Å². The first-order valence-corrected chi connectivity index (χ1v) is 17.4. The summed E-state index contributed by atoms with van der Waals surface area (Å²) >= 11 is 0. The Morgan fingerprint density at radius 1 is 0.525 bits per heavy atom. The van der Waals surface area contributed by atoms with E-state index in [2.05, 4.69) is 19.1 Å². The number of aldehydes is 1. The molecule has 0 bridgehead atoms. The van der Waals surface area contributed by atoms with Gasteiger partial charge in [-0.1, -0.05) is 128 Å². The smallest absolute Gasteiger partial charge is 0.303 e. The third-order valence-corrected chi connectivity index (χ3v) is 8.21. The molecular weight excluding hydrogens is 496 g/mol. The van der Waals surface area contributed by atoms with Gasteiger partial charge in [-0.2, -0.15) is 0 Å². The van der Waals surface area contributed by atoms with Crippen molar-refractivity contribution in [1.82, 2.24) is 0 Å².